The zero-order valence-electron chi connectivity index (χ0n) is 20.5. The van der Waals surface area contributed by atoms with Crippen molar-refractivity contribution < 1.29 is 9.59 Å². The molecule has 2 amide bonds. The number of carbonyl (C=O) groups is 2. The molecule has 0 unspecified atom stereocenters. The maximum absolute atomic E-state index is 12.6. The number of rotatable bonds is 11. The second-order valence-electron chi connectivity index (χ2n) is 8.43. The van der Waals surface area contributed by atoms with Gasteiger partial charge in [-0.25, -0.2) is 0 Å². The number of carbonyl (C=O) groups excluding carboxylic acids is 2. The number of nitrogens with one attached hydrogen (secondary N) is 2. The van der Waals surface area contributed by atoms with Gasteiger partial charge in [-0.15, -0.1) is 10.2 Å². The van der Waals surface area contributed by atoms with E-state index in [-0.39, 0.29) is 17.6 Å². The highest BCUT2D eigenvalue weighted by molar-refractivity contribution is 7.99. The molecule has 9 heteroatoms. The second kappa shape index (κ2) is 11.4. The SMILES string of the molecule is CCN(CC)c1ccc(-c2nnc(SCC(=O)Nc3cccc(C(=O)NC4CC4)c3)n2CC)cc1. The van der Waals surface area contributed by atoms with Gasteiger partial charge in [-0.3, -0.25) is 9.59 Å². The standard InChI is InChI=1S/C26H32N6O2S/c1-4-31(5-2)22-14-10-18(11-15-22)24-29-30-26(32(24)6-3)35-17-23(33)27-21-9-7-8-19(16-21)25(34)28-20-12-13-20/h7-11,14-16,20H,4-6,12-13,17H2,1-3H3,(H,27,33)(H,28,34). The Bertz CT molecular complexity index is 1170. The lowest BCUT2D eigenvalue weighted by atomic mass is 10.2. The summed E-state index contributed by atoms with van der Waals surface area (Å²) in [6.45, 7) is 8.95. The van der Waals surface area contributed by atoms with E-state index in [4.69, 9.17) is 0 Å². The molecule has 0 atom stereocenters. The van der Waals surface area contributed by atoms with Crippen molar-refractivity contribution in [3.05, 3.63) is 54.1 Å². The Labute approximate surface area is 210 Å². The number of amides is 2. The smallest absolute Gasteiger partial charge is 0.251 e. The zero-order chi connectivity index (χ0) is 24.8. The van der Waals surface area contributed by atoms with E-state index in [0.717, 1.165) is 37.3 Å². The molecule has 0 bridgehead atoms. The lowest BCUT2D eigenvalue weighted by Gasteiger charge is -2.21. The largest absolute Gasteiger partial charge is 0.372 e. The number of thioether (sulfide) groups is 1. The molecule has 35 heavy (non-hydrogen) atoms. The van der Waals surface area contributed by atoms with Crippen molar-refractivity contribution in [3.8, 4) is 11.4 Å². The van der Waals surface area contributed by atoms with E-state index in [2.05, 4.69) is 63.8 Å². The molecule has 1 heterocycles. The Morgan fingerprint density at radius 1 is 1.06 bits per heavy atom. The summed E-state index contributed by atoms with van der Waals surface area (Å²) in [6, 6.07) is 15.7. The summed E-state index contributed by atoms with van der Waals surface area (Å²) >= 11 is 1.35. The molecule has 2 N–H and O–H groups in total. The van der Waals surface area contributed by atoms with E-state index in [9.17, 15) is 9.59 Å². The van der Waals surface area contributed by atoms with Crippen molar-refractivity contribution in [1.29, 1.82) is 0 Å². The molecule has 1 saturated carbocycles. The van der Waals surface area contributed by atoms with Crippen LogP contribution in [0.3, 0.4) is 0 Å². The monoisotopic (exact) mass is 492 g/mol. The van der Waals surface area contributed by atoms with Crippen LogP contribution in [0.4, 0.5) is 11.4 Å². The van der Waals surface area contributed by atoms with Crippen molar-refractivity contribution >= 4 is 35.0 Å². The van der Waals surface area contributed by atoms with Crippen LogP contribution in [-0.2, 0) is 11.3 Å². The normalized spacial score (nSPS) is 12.9. The zero-order valence-corrected chi connectivity index (χ0v) is 21.3. The van der Waals surface area contributed by atoms with Crippen LogP contribution in [-0.4, -0.2) is 51.5 Å². The fourth-order valence-electron chi connectivity index (χ4n) is 3.87. The molecule has 4 rings (SSSR count). The van der Waals surface area contributed by atoms with E-state index < -0.39 is 0 Å². The molecular formula is C26H32N6O2S. The molecule has 0 aliphatic heterocycles. The quantitative estimate of drug-likeness (QED) is 0.385. The summed E-state index contributed by atoms with van der Waals surface area (Å²) < 4.78 is 2.02. The highest BCUT2D eigenvalue weighted by atomic mass is 32.2. The molecule has 0 spiro atoms. The molecule has 2 aromatic carbocycles. The minimum atomic E-state index is -0.162. The van der Waals surface area contributed by atoms with Crippen molar-refractivity contribution in [2.24, 2.45) is 0 Å². The molecular weight excluding hydrogens is 460 g/mol. The lowest BCUT2D eigenvalue weighted by molar-refractivity contribution is -0.113. The van der Waals surface area contributed by atoms with Gasteiger partial charge in [0.15, 0.2) is 11.0 Å². The predicted octanol–water partition coefficient (Wildman–Crippen LogP) is 4.43. The maximum Gasteiger partial charge on any atom is 0.251 e. The fraction of sp³-hybridized carbons (Fsp3) is 0.385. The van der Waals surface area contributed by atoms with E-state index in [1.54, 1.807) is 24.3 Å². The third kappa shape index (κ3) is 6.22. The first kappa shape index (κ1) is 24.8. The predicted molar refractivity (Wildman–Crippen MR) is 141 cm³/mol. The van der Waals surface area contributed by atoms with Gasteiger partial charge >= 0.3 is 0 Å². The van der Waals surface area contributed by atoms with Crippen molar-refractivity contribution in [3.63, 3.8) is 0 Å². The maximum atomic E-state index is 12.6. The van der Waals surface area contributed by atoms with Crippen LogP contribution >= 0.6 is 11.8 Å². The number of aromatic nitrogens is 3. The summed E-state index contributed by atoms with van der Waals surface area (Å²) in [5.74, 6) is 0.713. The van der Waals surface area contributed by atoms with Crippen molar-refractivity contribution in [2.45, 2.75) is 51.4 Å². The molecule has 1 aliphatic carbocycles. The third-order valence-corrected chi connectivity index (χ3v) is 6.91. The van der Waals surface area contributed by atoms with E-state index >= 15 is 0 Å². The average Bonchev–Trinajstić information content (AvgIpc) is 3.59. The first-order valence-electron chi connectivity index (χ1n) is 12.1. The lowest BCUT2D eigenvalue weighted by Crippen LogP contribution is -2.25. The highest BCUT2D eigenvalue weighted by Gasteiger charge is 2.24. The van der Waals surface area contributed by atoms with Gasteiger partial charge in [0.25, 0.3) is 5.91 Å². The summed E-state index contributed by atoms with van der Waals surface area (Å²) in [6.07, 6.45) is 2.07. The summed E-state index contributed by atoms with van der Waals surface area (Å²) in [5, 5.41) is 15.3. The van der Waals surface area contributed by atoms with Crippen LogP contribution in [0.1, 0.15) is 44.0 Å². The van der Waals surface area contributed by atoms with Gasteiger partial charge in [-0.2, -0.15) is 0 Å². The topological polar surface area (TPSA) is 92.2 Å². The van der Waals surface area contributed by atoms with Crippen LogP contribution in [0.2, 0.25) is 0 Å². The van der Waals surface area contributed by atoms with E-state index in [1.165, 1.54) is 17.4 Å². The Morgan fingerprint density at radius 2 is 1.80 bits per heavy atom. The fourth-order valence-corrected chi connectivity index (χ4v) is 4.67. The number of anilines is 2. The Morgan fingerprint density at radius 3 is 2.46 bits per heavy atom. The molecule has 1 fully saturated rings. The van der Waals surface area contributed by atoms with Crippen LogP contribution in [0.25, 0.3) is 11.4 Å². The first-order chi connectivity index (χ1) is 17.0. The van der Waals surface area contributed by atoms with Gasteiger partial charge in [0.2, 0.25) is 5.91 Å². The Balaban J connectivity index is 1.38. The minimum absolute atomic E-state index is 0.105. The van der Waals surface area contributed by atoms with Crippen LogP contribution in [0.5, 0.6) is 0 Å². The molecule has 0 saturated heterocycles. The number of nitrogens with zero attached hydrogens (tertiary/aromatic N) is 4. The minimum Gasteiger partial charge on any atom is -0.372 e. The Hall–Kier alpha value is -3.33. The molecule has 0 radical (unpaired) electrons. The summed E-state index contributed by atoms with van der Waals surface area (Å²) in [5.41, 5.74) is 3.32. The van der Waals surface area contributed by atoms with Gasteiger partial charge < -0.3 is 20.1 Å². The molecule has 8 nitrogen and oxygen atoms in total. The first-order valence-corrected chi connectivity index (χ1v) is 13.1. The molecule has 3 aromatic rings. The van der Waals surface area contributed by atoms with Gasteiger partial charge in [-0.05, 0) is 76.1 Å². The van der Waals surface area contributed by atoms with Gasteiger partial charge in [0.05, 0.1) is 5.75 Å². The highest BCUT2D eigenvalue weighted by Crippen LogP contribution is 2.26. The van der Waals surface area contributed by atoms with Gasteiger partial charge in [-0.1, -0.05) is 17.8 Å². The van der Waals surface area contributed by atoms with Crippen LogP contribution < -0.4 is 15.5 Å². The number of benzene rings is 2. The summed E-state index contributed by atoms with van der Waals surface area (Å²) in [4.78, 5) is 27.2. The molecule has 1 aromatic heterocycles. The molecule has 1 aliphatic rings. The van der Waals surface area contributed by atoms with Gasteiger partial charge in [0, 0.05) is 48.2 Å². The van der Waals surface area contributed by atoms with Crippen LogP contribution in [0, 0.1) is 0 Å². The third-order valence-electron chi connectivity index (χ3n) is 5.94. The molecule has 184 valence electrons. The van der Waals surface area contributed by atoms with E-state index in [0.29, 0.717) is 29.0 Å². The van der Waals surface area contributed by atoms with Gasteiger partial charge in [0.1, 0.15) is 0 Å². The van der Waals surface area contributed by atoms with Crippen molar-refractivity contribution in [2.75, 3.05) is 29.1 Å². The van der Waals surface area contributed by atoms with Crippen LogP contribution in [0.15, 0.2) is 53.7 Å². The second-order valence-corrected chi connectivity index (χ2v) is 9.38. The van der Waals surface area contributed by atoms with Crippen molar-refractivity contribution in [1.82, 2.24) is 20.1 Å². The number of hydrogen-bond donors (Lipinski definition) is 2. The average molecular weight is 493 g/mol. The Kier molecular flexibility index (Phi) is 8.07. The summed E-state index contributed by atoms with van der Waals surface area (Å²) in [7, 11) is 0. The van der Waals surface area contributed by atoms with E-state index in [1.807, 2.05) is 11.5 Å². The number of hydrogen-bond acceptors (Lipinski definition) is 6.